The fourth-order valence-corrected chi connectivity index (χ4v) is 2.19. The highest BCUT2D eigenvalue weighted by atomic mass is 16.2. The van der Waals surface area contributed by atoms with E-state index in [-0.39, 0.29) is 23.8 Å². The van der Waals surface area contributed by atoms with Gasteiger partial charge < -0.3 is 16.4 Å². The van der Waals surface area contributed by atoms with Crippen LogP contribution in [0.3, 0.4) is 0 Å². The highest BCUT2D eigenvalue weighted by Gasteiger charge is 2.27. The van der Waals surface area contributed by atoms with Gasteiger partial charge >= 0.3 is 0 Å². The summed E-state index contributed by atoms with van der Waals surface area (Å²) in [5, 5.41) is 5.43. The molecule has 1 saturated carbocycles. The van der Waals surface area contributed by atoms with Crippen molar-refractivity contribution in [2.75, 3.05) is 6.54 Å². The molecule has 0 aliphatic heterocycles. The molecule has 0 saturated heterocycles. The molecule has 0 spiro atoms. The van der Waals surface area contributed by atoms with E-state index in [0.29, 0.717) is 6.54 Å². The van der Waals surface area contributed by atoms with Crippen molar-refractivity contribution in [3.05, 3.63) is 0 Å². The number of rotatable bonds is 4. The Morgan fingerprint density at radius 3 is 2.71 bits per heavy atom. The van der Waals surface area contributed by atoms with Gasteiger partial charge in [-0.2, -0.15) is 0 Å². The Balaban J connectivity index is 2.40. The van der Waals surface area contributed by atoms with Gasteiger partial charge in [0.2, 0.25) is 11.8 Å². The molecule has 0 aromatic carbocycles. The lowest BCUT2D eigenvalue weighted by molar-refractivity contribution is -0.131. The van der Waals surface area contributed by atoms with Crippen LogP contribution in [0.4, 0.5) is 0 Å². The van der Waals surface area contributed by atoms with Crippen molar-refractivity contribution in [3.8, 4) is 0 Å². The van der Waals surface area contributed by atoms with Crippen molar-refractivity contribution >= 4 is 11.8 Å². The molecule has 5 nitrogen and oxygen atoms in total. The average Bonchev–Trinajstić information content (AvgIpc) is 2.29. The van der Waals surface area contributed by atoms with Crippen LogP contribution in [0.15, 0.2) is 0 Å². The van der Waals surface area contributed by atoms with Gasteiger partial charge in [0.1, 0.15) is 6.04 Å². The summed E-state index contributed by atoms with van der Waals surface area (Å²) >= 11 is 0. The second-order valence-corrected chi connectivity index (χ2v) is 4.75. The van der Waals surface area contributed by atoms with Crippen LogP contribution in [0.25, 0.3) is 0 Å². The molecule has 2 amide bonds. The van der Waals surface area contributed by atoms with Crippen LogP contribution in [-0.2, 0) is 9.59 Å². The molecule has 1 fully saturated rings. The first-order chi connectivity index (χ1) is 8.04. The van der Waals surface area contributed by atoms with E-state index >= 15 is 0 Å². The van der Waals surface area contributed by atoms with Crippen LogP contribution >= 0.6 is 0 Å². The molecule has 5 heteroatoms. The van der Waals surface area contributed by atoms with Crippen LogP contribution in [0, 0.1) is 5.92 Å². The predicted molar refractivity (Wildman–Crippen MR) is 66.2 cm³/mol. The Kier molecular flexibility index (Phi) is 5.41. The third-order valence-corrected chi connectivity index (χ3v) is 3.19. The monoisotopic (exact) mass is 241 g/mol. The van der Waals surface area contributed by atoms with Gasteiger partial charge in [-0.25, -0.2) is 0 Å². The molecule has 1 rings (SSSR count). The van der Waals surface area contributed by atoms with Crippen LogP contribution < -0.4 is 16.4 Å². The molecule has 0 heterocycles. The van der Waals surface area contributed by atoms with Gasteiger partial charge in [0.25, 0.3) is 0 Å². The number of amides is 2. The first kappa shape index (κ1) is 14.0. The lowest BCUT2D eigenvalue weighted by Gasteiger charge is -2.26. The largest absolute Gasteiger partial charge is 0.355 e. The minimum Gasteiger partial charge on any atom is -0.355 e. The summed E-state index contributed by atoms with van der Waals surface area (Å²) < 4.78 is 0. The lowest BCUT2D eigenvalue weighted by atomic mass is 9.85. The van der Waals surface area contributed by atoms with Gasteiger partial charge in [-0.1, -0.05) is 6.42 Å². The molecule has 1 aliphatic rings. The molecule has 3 atom stereocenters. The van der Waals surface area contributed by atoms with E-state index in [1.54, 1.807) is 6.92 Å². The molecule has 0 aromatic rings. The minimum absolute atomic E-state index is 0.0318. The van der Waals surface area contributed by atoms with Crippen molar-refractivity contribution in [2.45, 2.75) is 51.6 Å². The van der Waals surface area contributed by atoms with E-state index in [9.17, 15) is 9.59 Å². The van der Waals surface area contributed by atoms with E-state index in [4.69, 9.17) is 5.73 Å². The predicted octanol–water partition coefficient (Wildman–Crippen LogP) is 0.145. The summed E-state index contributed by atoms with van der Waals surface area (Å²) in [5.41, 5.74) is 5.84. The second-order valence-electron chi connectivity index (χ2n) is 4.75. The lowest BCUT2D eigenvalue weighted by Crippen LogP contribution is -2.48. The summed E-state index contributed by atoms with van der Waals surface area (Å²) in [5.74, 6) is -0.213. The molecule has 0 bridgehead atoms. The molecule has 1 aliphatic carbocycles. The number of carbonyl (C=O) groups is 2. The molecular formula is C12H23N3O2. The Morgan fingerprint density at radius 2 is 2.12 bits per heavy atom. The van der Waals surface area contributed by atoms with Crippen molar-refractivity contribution in [1.82, 2.24) is 10.6 Å². The van der Waals surface area contributed by atoms with Gasteiger partial charge in [0, 0.05) is 18.5 Å². The third-order valence-electron chi connectivity index (χ3n) is 3.19. The number of likely N-dealkylation sites (N-methyl/N-ethyl adjacent to an activating group) is 1. The summed E-state index contributed by atoms with van der Waals surface area (Å²) in [7, 11) is 0. The Bertz CT molecular complexity index is 281. The zero-order chi connectivity index (χ0) is 12.8. The van der Waals surface area contributed by atoms with E-state index in [2.05, 4.69) is 10.6 Å². The van der Waals surface area contributed by atoms with Gasteiger partial charge in [0.15, 0.2) is 0 Å². The van der Waals surface area contributed by atoms with E-state index in [1.807, 2.05) is 6.92 Å². The van der Waals surface area contributed by atoms with Crippen LogP contribution in [0.2, 0.25) is 0 Å². The van der Waals surface area contributed by atoms with Gasteiger partial charge in [0.05, 0.1) is 0 Å². The Hall–Kier alpha value is -1.10. The summed E-state index contributed by atoms with van der Waals surface area (Å²) in [6.45, 7) is 4.13. The smallest absolute Gasteiger partial charge is 0.242 e. The number of hydrogen-bond acceptors (Lipinski definition) is 3. The standard InChI is InChI=1S/C12H23N3O2/c1-3-14-11(16)8(2)15-12(17)9-5-4-6-10(13)7-9/h8-10H,3-7,13H2,1-2H3,(H,14,16)(H,15,17). The summed E-state index contributed by atoms with van der Waals surface area (Å²) in [6.07, 6.45) is 3.60. The average molecular weight is 241 g/mol. The van der Waals surface area contributed by atoms with Crippen LogP contribution in [0.5, 0.6) is 0 Å². The van der Waals surface area contributed by atoms with Crippen molar-refractivity contribution in [1.29, 1.82) is 0 Å². The van der Waals surface area contributed by atoms with Crippen molar-refractivity contribution in [3.63, 3.8) is 0 Å². The van der Waals surface area contributed by atoms with Crippen LogP contribution in [-0.4, -0.2) is 30.4 Å². The topological polar surface area (TPSA) is 84.2 Å². The second kappa shape index (κ2) is 6.59. The first-order valence-electron chi connectivity index (χ1n) is 6.38. The SMILES string of the molecule is CCNC(=O)C(C)NC(=O)C1CCCC(N)C1. The Morgan fingerprint density at radius 1 is 1.41 bits per heavy atom. The minimum atomic E-state index is -0.472. The van der Waals surface area contributed by atoms with Gasteiger partial charge in [-0.3, -0.25) is 9.59 Å². The number of nitrogens with one attached hydrogen (secondary N) is 2. The zero-order valence-corrected chi connectivity index (χ0v) is 10.7. The zero-order valence-electron chi connectivity index (χ0n) is 10.7. The number of nitrogens with two attached hydrogens (primary N) is 1. The van der Waals surface area contributed by atoms with Gasteiger partial charge in [-0.05, 0) is 33.1 Å². The maximum Gasteiger partial charge on any atom is 0.242 e. The van der Waals surface area contributed by atoms with Gasteiger partial charge in [-0.15, -0.1) is 0 Å². The van der Waals surface area contributed by atoms with E-state index in [0.717, 1.165) is 25.7 Å². The Labute approximate surface area is 103 Å². The maximum atomic E-state index is 11.9. The molecule has 0 aromatic heterocycles. The quantitative estimate of drug-likeness (QED) is 0.655. The molecule has 0 radical (unpaired) electrons. The first-order valence-corrected chi connectivity index (χ1v) is 6.38. The number of hydrogen-bond donors (Lipinski definition) is 3. The normalized spacial score (nSPS) is 26.1. The molecule has 3 unspecified atom stereocenters. The molecule has 98 valence electrons. The fourth-order valence-electron chi connectivity index (χ4n) is 2.19. The van der Waals surface area contributed by atoms with Crippen molar-refractivity contribution < 1.29 is 9.59 Å². The van der Waals surface area contributed by atoms with Crippen LogP contribution in [0.1, 0.15) is 39.5 Å². The van der Waals surface area contributed by atoms with E-state index < -0.39 is 6.04 Å². The number of carbonyl (C=O) groups excluding carboxylic acids is 2. The third kappa shape index (κ3) is 4.34. The van der Waals surface area contributed by atoms with Crippen molar-refractivity contribution in [2.24, 2.45) is 11.7 Å². The van der Waals surface area contributed by atoms with E-state index in [1.165, 1.54) is 0 Å². The maximum absolute atomic E-state index is 11.9. The highest BCUT2D eigenvalue weighted by molar-refractivity contribution is 5.88. The summed E-state index contributed by atoms with van der Waals surface area (Å²) in [6, 6.07) is -0.347. The molecule has 17 heavy (non-hydrogen) atoms. The summed E-state index contributed by atoms with van der Waals surface area (Å²) in [4.78, 5) is 23.4. The highest BCUT2D eigenvalue weighted by Crippen LogP contribution is 2.23. The fraction of sp³-hybridized carbons (Fsp3) is 0.833. The molecule has 4 N–H and O–H groups in total. The molecular weight excluding hydrogens is 218 g/mol.